The van der Waals surface area contributed by atoms with Gasteiger partial charge in [-0.05, 0) is 48.5 Å². The largest absolute Gasteiger partial charge is 0.470 e. The Kier molecular flexibility index (Phi) is 15.4. The number of carbonyl (C=O) groups is 6. The standard InChI is InChI=1S/C30H46N4O13S/c1-10-23(36)47-22(16-42-25-24(31-48-32-25)33-11-13-41-14-12-33)15-34(30(7,8)9)26(37)17(2)44-28(39)19(4)46-29(40)20(5)45-27(38)18(3)43-21(6)35/h17-20,22H,10-16H2,1-9H3/t17-,18-,19-,20-,22-/m0/s1. The Hall–Kier alpha value is -4.06. The van der Waals surface area contributed by atoms with Crippen molar-refractivity contribution in [2.45, 2.75) is 105 Å². The molecular formula is C30H46N4O13S. The second-order valence-corrected chi connectivity index (χ2v) is 12.4. The van der Waals surface area contributed by atoms with E-state index in [0.717, 1.165) is 18.7 Å². The third kappa shape index (κ3) is 12.5. The van der Waals surface area contributed by atoms with E-state index in [2.05, 4.69) is 8.75 Å². The third-order valence-electron chi connectivity index (χ3n) is 6.77. The minimum atomic E-state index is -1.47. The Morgan fingerprint density at radius 3 is 1.85 bits per heavy atom. The number of hydrogen-bond donors (Lipinski definition) is 0. The Balaban J connectivity index is 2.06. The second-order valence-electron chi connectivity index (χ2n) is 11.9. The van der Waals surface area contributed by atoms with Crippen LogP contribution in [0.25, 0.3) is 0 Å². The van der Waals surface area contributed by atoms with Crippen molar-refractivity contribution in [3.63, 3.8) is 0 Å². The van der Waals surface area contributed by atoms with Crippen LogP contribution in [0.1, 0.15) is 68.7 Å². The molecule has 1 amide bonds. The highest BCUT2D eigenvalue weighted by Gasteiger charge is 2.36. The first-order valence-corrected chi connectivity index (χ1v) is 16.2. The fourth-order valence-electron chi connectivity index (χ4n) is 4.17. The van der Waals surface area contributed by atoms with Gasteiger partial charge < -0.3 is 43.0 Å². The molecule has 1 aromatic heterocycles. The number of hydrogen-bond acceptors (Lipinski definition) is 17. The molecule has 270 valence electrons. The third-order valence-corrected chi connectivity index (χ3v) is 7.27. The van der Waals surface area contributed by atoms with Gasteiger partial charge in [0.25, 0.3) is 11.8 Å². The smallest absolute Gasteiger partial charge is 0.347 e. The molecule has 0 aromatic carbocycles. The van der Waals surface area contributed by atoms with Crippen LogP contribution in [0.3, 0.4) is 0 Å². The quantitative estimate of drug-likeness (QED) is 0.177. The molecule has 5 atom stereocenters. The fraction of sp³-hybridized carbons (Fsp3) is 0.733. The molecule has 2 rings (SSSR count). The van der Waals surface area contributed by atoms with Gasteiger partial charge in [0, 0.05) is 32.0 Å². The minimum absolute atomic E-state index is 0.0882. The highest BCUT2D eigenvalue weighted by Crippen LogP contribution is 2.27. The molecule has 1 aliphatic rings. The van der Waals surface area contributed by atoms with Crippen LogP contribution in [-0.4, -0.2) is 125 Å². The number of aromatic nitrogens is 2. The van der Waals surface area contributed by atoms with Crippen molar-refractivity contribution in [2.75, 3.05) is 44.4 Å². The number of morpholine rings is 1. The van der Waals surface area contributed by atoms with Crippen molar-refractivity contribution in [1.82, 2.24) is 13.6 Å². The van der Waals surface area contributed by atoms with Gasteiger partial charge in [-0.15, -0.1) is 4.37 Å². The van der Waals surface area contributed by atoms with Crippen molar-refractivity contribution in [1.29, 1.82) is 0 Å². The van der Waals surface area contributed by atoms with Crippen LogP contribution in [0, 0.1) is 0 Å². The summed E-state index contributed by atoms with van der Waals surface area (Å²) >= 11 is 0.977. The van der Waals surface area contributed by atoms with E-state index in [1.165, 1.54) is 32.6 Å². The summed E-state index contributed by atoms with van der Waals surface area (Å²) in [6, 6.07) is 0. The van der Waals surface area contributed by atoms with Gasteiger partial charge in [-0.1, -0.05) is 6.92 Å². The van der Waals surface area contributed by atoms with Crippen molar-refractivity contribution in [2.24, 2.45) is 0 Å². The zero-order chi connectivity index (χ0) is 36.2. The van der Waals surface area contributed by atoms with Crippen LogP contribution in [0.2, 0.25) is 0 Å². The number of carbonyl (C=O) groups excluding carboxylic acids is 6. The maximum Gasteiger partial charge on any atom is 0.347 e. The molecule has 1 fully saturated rings. The number of esters is 5. The zero-order valence-electron chi connectivity index (χ0n) is 28.8. The summed E-state index contributed by atoms with van der Waals surface area (Å²) < 4.78 is 45.6. The SMILES string of the molecule is CCC(=O)O[C@H](COc1nsnc1N1CCOCC1)CN(C(=O)[C@H](C)OC(=O)[C@H](C)OC(=O)[C@H](C)OC(=O)[C@H](C)OC(C)=O)C(C)(C)C. The number of rotatable bonds is 16. The van der Waals surface area contributed by atoms with Gasteiger partial charge >= 0.3 is 29.8 Å². The molecule has 0 bridgehead atoms. The molecule has 2 heterocycles. The monoisotopic (exact) mass is 702 g/mol. The topological polar surface area (TPSA) is 199 Å². The van der Waals surface area contributed by atoms with Crippen LogP contribution in [-0.2, 0) is 57.2 Å². The van der Waals surface area contributed by atoms with Crippen molar-refractivity contribution >= 4 is 53.3 Å². The Bertz CT molecular complexity index is 1280. The van der Waals surface area contributed by atoms with E-state index < -0.39 is 71.8 Å². The van der Waals surface area contributed by atoms with Crippen LogP contribution >= 0.6 is 11.7 Å². The summed E-state index contributed by atoms with van der Waals surface area (Å²) in [5, 5.41) is 0. The normalized spacial score (nSPS) is 16.3. The summed E-state index contributed by atoms with van der Waals surface area (Å²) in [7, 11) is 0. The number of ether oxygens (including phenoxy) is 7. The summed E-state index contributed by atoms with van der Waals surface area (Å²) in [5.74, 6) is -4.10. The molecule has 0 aliphatic carbocycles. The van der Waals surface area contributed by atoms with E-state index in [4.69, 9.17) is 33.2 Å². The Labute approximate surface area is 283 Å². The maximum absolute atomic E-state index is 13.7. The van der Waals surface area contributed by atoms with Gasteiger partial charge in [0.2, 0.25) is 5.82 Å². The van der Waals surface area contributed by atoms with Crippen molar-refractivity contribution in [3.05, 3.63) is 0 Å². The average Bonchev–Trinajstić information content (AvgIpc) is 3.49. The van der Waals surface area contributed by atoms with Gasteiger partial charge in [0.1, 0.15) is 6.61 Å². The second kappa shape index (κ2) is 18.5. The zero-order valence-corrected chi connectivity index (χ0v) is 29.7. The van der Waals surface area contributed by atoms with Crippen molar-refractivity contribution in [3.8, 4) is 5.88 Å². The van der Waals surface area contributed by atoms with E-state index in [-0.39, 0.29) is 25.5 Å². The van der Waals surface area contributed by atoms with E-state index in [1.54, 1.807) is 27.7 Å². The first-order chi connectivity index (χ1) is 22.4. The summed E-state index contributed by atoms with van der Waals surface area (Å²) in [4.78, 5) is 77.7. The van der Waals surface area contributed by atoms with E-state index in [0.29, 0.717) is 32.1 Å². The van der Waals surface area contributed by atoms with Crippen molar-refractivity contribution < 1.29 is 61.9 Å². The van der Waals surface area contributed by atoms with E-state index in [1.807, 2.05) is 4.90 Å². The molecule has 17 nitrogen and oxygen atoms in total. The van der Waals surface area contributed by atoms with Crippen LogP contribution in [0.15, 0.2) is 0 Å². The predicted molar refractivity (Wildman–Crippen MR) is 168 cm³/mol. The number of anilines is 1. The first kappa shape index (κ1) is 40.1. The molecule has 0 N–H and O–H groups in total. The molecule has 48 heavy (non-hydrogen) atoms. The highest BCUT2D eigenvalue weighted by molar-refractivity contribution is 6.99. The number of amides is 1. The molecule has 0 saturated carbocycles. The average molecular weight is 703 g/mol. The van der Waals surface area contributed by atoms with Crippen LogP contribution < -0.4 is 9.64 Å². The van der Waals surface area contributed by atoms with Crippen LogP contribution in [0.4, 0.5) is 5.82 Å². The minimum Gasteiger partial charge on any atom is -0.470 e. The lowest BCUT2D eigenvalue weighted by atomic mass is 10.0. The Morgan fingerprint density at radius 2 is 1.35 bits per heavy atom. The summed E-state index contributed by atoms with van der Waals surface area (Å²) in [5.41, 5.74) is -0.823. The van der Waals surface area contributed by atoms with E-state index in [9.17, 15) is 28.8 Å². The first-order valence-electron chi connectivity index (χ1n) is 15.5. The molecule has 18 heteroatoms. The van der Waals surface area contributed by atoms with E-state index >= 15 is 0 Å². The molecular weight excluding hydrogens is 656 g/mol. The molecule has 1 aromatic rings. The molecule has 0 spiro atoms. The van der Waals surface area contributed by atoms with Gasteiger partial charge in [0.15, 0.2) is 30.5 Å². The Morgan fingerprint density at radius 1 is 0.833 bits per heavy atom. The molecule has 0 unspecified atom stereocenters. The van der Waals surface area contributed by atoms with Gasteiger partial charge in [-0.3, -0.25) is 14.4 Å². The summed E-state index contributed by atoms with van der Waals surface area (Å²) in [6.45, 7) is 15.1. The predicted octanol–water partition coefficient (Wildman–Crippen LogP) is 1.45. The maximum atomic E-state index is 13.7. The van der Waals surface area contributed by atoms with Gasteiger partial charge in [-0.25, -0.2) is 14.4 Å². The fourth-order valence-corrected chi connectivity index (χ4v) is 4.69. The lowest BCUT2D eigenvalue weighted by molar-refractivity contribution is -0.184. The number of nitrogens with zero attached hydrogens (tertiary/aromatic N) is 4. The van der Waals surface area contributed by atoms with Crippen LogP contribution in [0.5, 0.6) is 5.88 Å². The van der Waals surface area contributed by atoms with Gasteiger partial charge in [-0.2, -0.15) is 4.37 Å². The highest BCUT2D eigenvalue weighted by atomic mass is 32.1. The lowest BCUT2D eigenvalue weighted by Gasteiger charge is -2.39. The molecule has 1 aliphatic heterocycles. The van der Waals surface area contributed by atoms with Gasteiger partial charge in [0.05, 0.1) is 31.5 Å². The summed E-state index contributed by atoms with van der Waals surface area (Å²) in [6.07, 6.45) is -6.33. The molecule has 0 radical (unpaired) electrons. The lowest BCUT2D eigenvalue weighted by Crippen LogP contribution is -2.54. The molecule has 1 saturated heterocycles.